The highest BCUT2D eigenvalue weighted by Crippen LogP contribution is 2.55. The molecule has 2 aromatic carbocycles. The van der Waals surface area contributed by atoms with Gasteiger partial charge in [-0.05, 0) is 35.0 Å². The van der Waals surface area contributed by atoms with Crippen molar-refractivity contribution in [1.82, 2.24) is 0 Å². The van der Waals surface area contributed by atoms with Crippen LogP contribution in [0, 0.1) is 0 Å². The summed E-state index contributed by atoms with van der Waals surface area (Å²) in [5.41, 5.74) is -15.9. The second kappa shape index (κ2) is 6.94. The maximum absolute atomic E-state index is 13.0. The summed E-state index contributed by atoms with van der Waals surface area (Å²) < 4.78 is 156. The molecule has 0 unspecified atom stereocenters. The number of benzene rings is 2. The van der Waals surface area contributed by atoms with Crippen LogP contribution in [0.15, 0.2) is 24.3 Å². The average molecular weight is 492 g/mol. The molecule has 0 saturated heterocycles. The number of alkyl halides is 12. The van der Waals surface area contributed by atoms with Crippen molar-refractivity contribution in [3.63, 3.8) is 0 Å². The molecule has 0 aromatic heterocycles. The van der Waals surface area contributed by atoms with Crippen molar-refractivity contribution in [2.75, 3.05) is 0 Å². The third-order valence-corrected chi connectivity index (χ3v) is 4.49. The predicted octanol–water partition coefficient (Wildman–Crippen LogP) is 4.88. The molecular formula is C16H8F12O4. The first-order chi connectivity index (χ1) is 14.0. The van der Waals surface area contributed by atoms with E-state index < -0.39 is 69.3 Å². The summed E-state index contributed by atoms with van der Waals surface area (Å²) in [6, 6.07) is -0.697. The Morgan fingerprint density at radius 2 is 0.656 bits per heavy atom. The minimum Gasteiger partial charge on any atom is -0.508 e. The van der Waals surface area contributed by atoms with Crippen molar-refractivity contribution in [3.05, 3.63) is 35.4 Å². The third kappa shape index (κ3) is 3.54. The number of halogens is 12. The monoisotopic (exact) mass is 492 g/mol. The van der Waals surface area contributed by atoms with E-state index in [9.17, 15) is 73.1 Å². The molecule has 0 fully saturated rings. The third-order valence-electron chi connectivity index (χ3n) is 4.49. The predicted molar refractivity (Wildman–Crippen MR) is 79.3 cm³/mol. The summed E-state index contributed by atoms with van der Waals surface area (Å²) in [5.74, 6) is -4.01. The van der Waals surface area contributed by atoms with E-state index >= 15 is 0 Å². The number of aliphatic hydroxyl groups is 2. The summed E-state index contributed by atoms with van der Waals surface area (Å²) in [6.45, 7) is 0. The van der Waals surface area contributed by atoms with Gasteiger partial charge in [0.05, 0.1) is 0 Å². The lowest BCUT2D eigenvalue weighted by molar-refractivity contribution is -0.377. The number of hydrogen-bond acceptors (Lipinski definition) is 4. The summed E-state index contributed by atoms with van der Waals surface area (Å²) in [4.78, 5) is 0. The summed E-state index contributed by atoms with van der Waals surface area (Å²) >= 11 is 0. The van der Waals surface area contributed by atoms with Gasteiger partial charge in [-0.25, -0.2) is 0 Å². The van der Waals surface area contributed by atoms with E-state index in [2.05, 4.69) is 0 Å². The van der Waals surface area contributed by atoms with Gasteiger partial charge in [0.2, 0.25) is 0 Å². The lowest BCUT2D eigenvalue weighted by Gasteiger charge is -2.34. The fourth-order valence-corrected chi connectivity index (χ4v) is 2.84. The van der Waals surface area contributed by atoms with E-state index in [0.29, 0.717) is 0 Å². The molecule has 0 aliphatic carbocycles. The molecule has 16 heteroatoms. The Hall–Kier alpha value is -2.62. The Kier molecular flexibility index (Phi) is 5.56. The number of phenols is 2. The van der Waals surface area contributed by atoms with Gasteiger partial charge in [0.1, 0.15) is 11.5 Å². The van der Waals surface area contributed by atoms with Crippen molar-refractivity contribution < 1.29 is 73.1 Å². The van der Waals surface area contributed by atoms with Crippen LogP contribution >= 0.6 is 0 Å². The first-order valence-corrected chi connectivity index (χ1v) is 7.72. The van der Waals surface area contributed by atoms with Gasteiger partial charge < -0.3 is 20.4 Å². The van der Waals surface area contributed by atoms with Gasteiger partial charge >= 0.3 is 24.7 Å². The van der Waals surface area contributed by atoms with Crippen molar-refractivity contribution in [3.8, 4) is 11.5 Å². The Bertz CT molecular complexity index is 922. The highest BCUT2D eigenvalue weighted by atomic mass is 19.4. The molecule has 0 spiro atoms. The Morgan fingerprint density at radius 1 is 0.438 bits per heavy atom. The normalized spacial score (nSPS) is 14.8. The molecule has 0 atom stereocenters. The first-order valence-electron chi connectivity index (χ1n) is 7.72. The number of hydrogen-bond donors (Lipinski definition) is 4. The quantitative estimate of drug-likeness (QED) is 0.451. The van der Waals surface area contributed by atoms with Crippen LogP contribution in [-0.4, -0.2) is 45.1 Å². The number of fused-ring (bicyclic) bond motifs is 1. The van der Waals surface area contributed by atoms with E-state index in [4.69, 9.17) is 0 Å². The van der Waals surface area contributed by atoms with Gasteiger partial charge in [-0.3, -0.25) is 0 Å². The molecule has 0 bridgehead atoms. The molecule has 0 saturated carbocycles. The SMILES string of the molecule is Oc1cc2cc(C(O)(C(F)(F)F)C(F)(F)F)c(O)cc2cc1C(O)(C(F)(F)F)C(F)(F)F. The van der Waals surface area contributed by atoms with Crippen LogP contribution in [0.5, 0.6) is 11.5 Å². The van der Waals surface area contributed by atoms with Crippen LogP contribution in [0.2, 0.25) is 0 Å². The van der Waals surface area contributed by atoms with Crippen molar-refractivity contribution in [1.29, 1.82) is 0 Å². The molecule has 180 valence electrons. The smallest absolute Gasteiger partial charge is 0.430 e. The van der Waals surface area contributed by atoms with Gasteiger partial charge in [-0.2, -0.15) is 52.7 Å². The lowest BCUT2D eigenvalue weighted by Crippen LogP contribution is -2.54. The molecule has 0 aliphatic heterocycles. The van der Waals surface area contributed by atoms with E-state index in [0.717, 1.165) is 0 Å². The highest BCUT2D eigenvalue weighted by Gasteiger charge is 2.73. The molecule has 4 nitrogen and oxygen atoms in total. The van der Waals surface area contributed by atoms with Crippen LogP contribution < -0.4 is 0 Å². The lowest BCUT2D eigenvalue weighted by atomic mass is 9.86. The fraction of sp³-hybridized carbons (Fsp3) is 0.375. The number of aromatic hydroxyl groups is 2. The topological polar surface area (TPSA) is 80.9 Å². The zero-order valence-electron chi connectivity index (χ0n) is 14.6. The summed E-state index contributed by atoms with van der Waals surface area (Å²) in [7, 11) is 0. The molecule has 0 aliphatic rings. The molecule has 2 aromatic rings. The fourth-order valence-electron chi connectivity index (χ4n) is 2.84. The van der Waals surface area contributed by atoms with E-state index in [1.165, 1.54) is 0 Å². The molecule has 0 amide bonds. The molecular weight excluding hydrogens is 484 g/mol. The van der Waals surface area contributed by atoms with Crippen LogP contribution in [0.1, 0.15) is 11.1 Å². The summed E-state index contributed by atoms with van der Waals surface area (Å²) in [6.07, 6.45) is -25.9. The highest BCUT2D eigenvalue weighted by molar-refractivity contribution is 5.88. The van der Waals surface area contributed by atoms with Gasteiger partial charge in [-0.15, -0.1) is 0 Å². The van der Waals surface area contributed by atoms with Gasteiger partial charge in [0, 0.05) is 11.1 Å². The number of rotatable bonds is 2. The van der Waals surface area contributed by atoms with Crippen LogP contribution in [0.3, 0.4) is 0 Å². The molecule has 32 heavy (non-hydrogen) atoms. The minimum atomic E-state index is -6.48. The van der Waals surface area contributed by atoms with Crippen molar-refractivity contribution in [2.45, 2.75) is 35.9 Å². The van der Waals surface area contributed by atoms with E-state index in [1.807, 2.05) is 0 Å². The molecule has 0 heterocycles. The minimum absolute atomic E-state index is 0.108. The second-order valence-corrected chi connectivity index (χ2v) is 6.50. The zero-order chi connectivity index (χ0) is 25.3. The zero-order valence-corrected chi connectivity index (χ0v) is 14.6. The standard InChI is InChI=1S/C16H8F12O4/c17-13(18,19)11(31,14(20,21)22)7-1-5-3-10(30)8(2-6(5)4-9(7)29)12(32,15(23,24)25)16(26,27)28/h1-4,29-32H. The summed E-state index contributed by atoms with van der Waals surface area (Å²) in [5, 5.41) is 35.9. The van der Waals surface area contributed by atoms with E-state index in [1.54, 1.807) is 0 Å². The Labute approximate surface area is 167 Å². The van der Waals surface area contributed by atoms with Crippen LogP contribution in [0.25, 0.3) is 10.8 Å². The van der Waals surface area contributed by atoms with Crippen molar-refractivity contribution >= 4 is 10.8 Å². The Balaban J connectivity index is 2.92. The van der Waals surface area contributed by atoms with E-state index in [-0.39, 0.29) is 24.3 Å². The van der Waals surface area contributed by atoms with Crippen LogP contribution in [0.4, 0.5) is 52.7 Å². The number of phenolic OH excluding ortho intramolecular Hbond substituents is 2. The van der Waals surface area contributed by atoms with Gasteiger partial charge in [0.15, 0.2) is 0 Å². The van der Waals surface area contributed by atoms with Crippen molar-refractivity contribution in [2.24, 2.45) is 0 Å². The maximum Gasteiger partial charge on any atom is 0.430 e. The van der Waals surface area contributed by atoms with Gasteiger partial charge in [0.25, 0.3) is 11.2 Å². The second-order valence-electron chi connectivity index (χ2n) is 6.50. The molecule has 4 N–H and O–H groups in total. The first kappa shape index (κ1) is 25.6. The maximum atomic E-state index is 13.0. The van der Waals surface area contributed by atoms with Crippen LogP contribution in [-0.2, 0) is 11.2 Å². The van der Waals surface area contributed by atoms with Gasteiger partial charge in [-0.1, -0.05) is 0 Å². The molecule has 0 radical (unpaired) electrons. The Morgan fingerprint density at radius 3 is 0.844 bits per heavy atom. The molecule has 2 rings (SSSR count). The largest absolute Gasteiger partial charge is 0.508 e. The average Bonchev–Trinajstić information content (AvgIpc) is 2.55.